The molecular weight excluding hydrogens is 120 g/mol. The third-order valence-electron chi connectivity index (χ3n) is 0.600. The molecule has 0 saturated carbocycles. The quantitative estimate of drug-likeness (QED) is 0.437. The molecule has 0 bridgehead atoms. The number of nitrogens with zero attached hydrogens (tertiary/aromatic N) is 6. The van der Waals surface area contributed by atoms with E-state index >= 15 is 0 Å². The Morgan fingerprint density at radius 3 is 1.11 bits per heavy atom. The number of rotatable bonds is 0. The highest BCUT2D eigenvalue weighted by molar-refractivity contribution is 5.26. The molecule has 1 aromatic rings. The van der Waals surface area contributed by atoms with Gasteiger partial charge in [0.15, 0.2) is 0 Å². The van der Waals surface area contributed by atoms with Crippen molar-refractivity contribution in [3.05, 3.63) is 0 Å². The van der Waals surface area contributed by atoms with E-state index in [1.165, 1.54) is 0 Å². The van der Waals surface area contributed by atoms with Gasteiger partial charge in [-0.15, -0.1) is 17.2 Å². The Bertz CT molecular complexity index is 169. The fourth-order valence-corrected chi connectivity index (χ4v) is 0.343. The van der Waals surface area contributed by atoms with Crippen LogP contribution in [-0.4, -0.2) is 15.0 Å². The molecule has 1 heterocycles. The molecule has 9 heavy (non-hydrogen) atoms. The summed E-state index contributed by atoms with van der Waals surface area (Å²) in [6.45, 7) is 0. The average molecular weight is 120 g/mol. The maximum Gasteiger partial charge on any atom is 0.275 e. The van der Waals surface area contributed by atoms with Crippen LogP contribution in [0.25, 0.3) is 0 Å². The second-order valence-corrected chi connectivity index (χ2v) is 1.24. The van der Waals surface area contributed by atoms with Gasteiger partial charge in [0, 0.05) is 0 Å². The lowest BCUT2D eigenvalue weighted by Gasteiger charge is -1.86. The molecule has 1 rings (SSSR count). The van der Waals surface area contributed by atoms with E-state index in [2.05, 4.69) is 15.0 Å². The first kappa shape index (κ1) is 5.54. The summed E-state index contributed by atoms with van der Waals surface area (Å²) >= 11 is 0. The average Bonchev–Trinajstić information content (AvgIpc) is 1.59. The van der Waals surface area contributed by atoms with Gasteiger partial charge in [-0.3, -0.25) is 0 Å². The Hall–Kier alpha value is -1.59. The first-order chi connectivity index (χ1) is 4.18. The van der Waals surface area contributed by atoms with Crippen molar-refractivity contribution >= 4 is 17.8 Å². The molecule has 6 radical (unpaired) electrons. The van der Waals surface area contributed by atoms with Crippen molar-refractivity contribution in [2.24, 2.45) is 0 Å². The smallest absolute Gasteiger partial charge is 0.170 e. The monoisotopic (exact) mass is 120 g/mol. The second kappa shape index (κ2) is 1.73. The molecule has 0 atom stereocenters. The lowest BCUT2D eigenvalue weighted by molar-refractivity contribution is 0.993. The normalized spacial score (nSPS) is 9.33. The summed E-state index contributed by atoms with van der Waals surface area (Å²) in [5, 5.41) is 0. The summed E-state index contributed by atoms with van der Waals surface area (Å²) in [5.74, 6) is -2.12. The van der Waals surface area contributed by atoms with E-state index in [1.807, 2.05) is 0 Å². The van der Waals surface area contributed by atoms with Crippen LogP contribution in [0.15, 0.2) is 0 Å². The maximum absolute atomic E-state index is 8.41. The molecule has 0 spiro atoms. The highest BCUT2D eigenvalue weighted by Crippen LogP contribution is 2.01. The van der Waals surface area contributed by atoms with E-state index in [0.29, 0.717) is 0 Å². The molecule has 0 saturated heterocycles. The van der Waals surface area contributed by atoms with Gasteiger partial charge in [-0.05, 0) is 0 Å². The van der Waals surface area contributed by atoms with Crippen LogP contribution in [0.5, 0.6) is 0 Å². The third kappa shape index (κ3) is 1.15. The molecule has 42 valence electrons. The number of hydrogen-bond acceptors (Lipinski definition) is 3. The van der Waals surface area contributed by atoms with Crippen LogP contribution in [0, 0.1) is 0 Å². The van der Waals surface area contributed by atoms with Gasteiger partial charge in [0.2, 0.25) is 0 Å². The van der Waals surface area contributed by atoms with Gasteiger partial charge in [-0.1, -0.05) is 0 Å². The van der Waals surface area contributed by atoms with Crippen molar-refractivity contribution < 1.29 is 0 Å². The molecule has 0 fully saturated rings. The Labute approximate surface area is 51.1 Å². The molecular formula is C3N6. The van der Waals surface area contributed by atoms with Gasteiger partial charge in [0.1, 0.15) is 0 Å². The largest absolute Gasteiger partial charge is 0.275 e. The highest BCUT2D eigenvalue weighted by atomic mass is 15.2. The van der Waals surface area contributed by atoms with E-state index in [0.717, 1.165) is 0 Å². The van der Waals surface area contributed by atoms with E-state index in [1.54, 1.807) is 0 Å². The lowest BCUT2D eigenvalue weighted by atomic mass is 10.9. The third-order valence-corrected chi connectivity index (χ3v) is 0.600. The Kier molecular flexibility index (Phi) is 1.07. The zero-order valence-corrected chi connectivity index (χ0v) is 4.18. The molecule has 0 N–H and O–H groups in total. The molecule has 1 aromatic heterocycles. The van der Waals surface area contributed by atoms with Crippen molar-refractivity contribution in [2.45, 2.75) is 0 Å². The number of aromatic nitrogens is 3. The van der Waals surface area contributed by atoms with Gasteiger partial charge < -0.3 is 0 Å². The second-order valence-electron chi connectivity index (χ2n) is 1.24. The predicted octanol–water partition coefficient (Wildman–Crippen LogP) is -1.03. The van der Waals surface area contributed by atoms with Gasteiger partial charge in [0.05, 0.1) is 0 Å². The van der Waals surface area contributed by atoms with Crippen LogP contribution in [0.4, 0.5) is 17.8 Å². The molecule has 0 unspecified atom stereocenters. The van der Waals surface area contributed by atoms with Crippen LogP contribution in [0.3, 0.4) is 0 Å². The fourth-order valence-electron chi connectivity index (χ4n) is 0.343. The molecule has 0 aliphatic rings. The lowest BCUT2D eigenvalue weighted by Crippen LogP contribution is -1.91. The van der Waals surface area contributed by atoms with Gasteiger partial charge in [-0.2, -0.15) is 15.0 Å². The molecule has 0 amide bonds. The van der Waals surface area contributed by atoms with Crippen molar-refractivity contribution in [1.82, 2.24) is 32.2 Å². The number of hydrogen-bond donors (Lipinski definition) is 0. The minimum absolute atomic E-state index is 0.708. The maximum atomic E-state index is 8.41. The zero-order valence-electron chi connectivity index (χ0n) is 4.18. The fraction of sp³-hybridized carbons (Fsp3) is 0. The van der Waals surface area contributed by atoms with E-state index < -0.39 is 17.8 Å². The van der Waals surface area contributed by atoms with E-state index in [-0.39, 0.29) is 0 Å². The van der Waals surface area contributed by atoms with Crippen molar-refractivity contribution in [2.75, 3.05) is 0 Å². The van der Waals surface area contributed by atoms with E-state index in [4.69, 9.17) is 17.2 Å². The molecule has 6 nitrogen and oxygen atoms in total. The van der Waals surface area contributed by atoms with Crippen LogP contribution < -0.4 is 17.2 Å². The summed E-state index contributed by atoms with van der Waals surface area (Å²) in [7, 11) is 0. The Morgan fingerprint density at radius 2 is 0.889 bits per heavy atom. The van der Waals surface area contributed by atoms with Crippen LogP contribution >= 0.6 is 0 Å². The van der Waals surface area contributed by atoms with Gasteiger partial charge in [0.25, 0.3) is 17.8 Å². The minimum Gasteiger partial charge on any atom is -0.170 e. The summed E-state index contributed by atoms with van der Waals surface area (Å²) in [5.41, 5.74) is 25.2. The Morgan fingerprint density at radius 1 is 0.667 bits per heavy atom. The van der Waals surface area contributed by atoms with Crippen LogP contribution in [0.2, 0.25) is 0 Å². The summed E-state index contributed by atoms with van der Waals surface area (Å²) in [6.07, 6.45) is 0. The van der Waals surface area contributed by atoms with Crippen molar-refractivity contribution in [3.63, 3.8) is 0 Å². The van der Waals surface area contributed by atoms with Gasteiger partial charge >= 0.3 is 0 Å². The van der Waals surface area contributed by atoms with Crippen LogP contribution in [0.1, 0.15) is 0 Å². The summed E-state index contributed by atoms with van der Waals surface area (Å²) < 4.78 is 0. The SMILES string of the molecule is [N]c1nc([N])nc([N])n1. The van der Waals surface area contributed by atoms with Gasteiger partial charge in [-0.25, -0.2) is 0 Å². The Balaban J connectivity index is 3.17. The first-order valence-corrected chi connectivity index (χ1v) is 2.01. The molecule has 0 aliphatic carbocycles. The van der Waals surface area contributed by atoms with Crippen LogP contribution in [-0.2, 0) is 0 Å². The standard InChI is InChI=1S/C3N6/c4-1-7-2(5)9-3(6)8-1. The summed E-state index contributed by atoms with van der Waals surface area (Å²) in [4.78, 5) is 8.89. The highest BCUT2D eigenvalue weighted by Gasteiger charge is 1.99. The minimum atomic E-state index is -0.708. The summed E-state index contributed by atoms with van der Waals surface area (Å²) in [6, 6.07) is 0. The zero-order chi connectivity index (χ0) is 6.85. The topological polar surface area (TPSA) is 106 Å². The van der Waals surface area contributed by atoms with Crippen molar-refractivity contribution in [1.29, 1.82) is 0 Å². The molecule has 0 aliphatic heterocycles. The predicted molar refractivity (Wildman–Crippen MR) is 25.2 cm³/mol. The molecule has 0 aromatic carbocycles. The first-order valence-electron chi connectivity index (χ1n) is 2.01. The van der Waals surface area contributed by atoms with E-state index in [9.17, 15) is 0 Å². The van der Waals surface area contributed by atoms with Crippen molar-refractivity contribution in [3.8, 4) is 0 Å². The molecule has 6 heteroatoms.